The van der Waals surface area contributed by atoms with Gasteiger partial charge in [-0.1, -0.05) is 37.3 Å². The van der Waals surface area contributed by atoms with E-state index < -0.39 is 0 Å². The molecule has 3 nitrogen and oxygen atoms in total. The van der Waals surface area contributed by atoms with Crippen LogP contribution in [0, 0.1) is 0 Å². The molecule has 0 bridgehead atoms. The zero-order valence-corrected chi connectivity index (χ0v) is 11.2. The summed E-state index contributed by atoms with van der Waals surface area (Å²) in [4.78, 5) is 12.0. The molecular formula is C16H20O3. The lowest BCUT2D eigenvalue weighted by molar-refractivity contribution is 0.0210. The van der Waals surface area contributed by atoms with Crippen LogP contribution in [0.25, 0.3) is 0 Å². The van der Waals surface area contributed by atoms with Crippen LogP contribution in [0.2, 0.25) is 0 Å². The van der Waals surface area contributed by atoms with Gasteiger partial charge in [0.15, 0.2) is 0 Å². The van der Waals surface area contributed by atoms with E-state index in [1.807, 2.05) is 18.2 Å². The van der Waals surface area contributed by atoms with Gasteiger partial charge >= 0.3 is 5.97 Å². The SMILES string of the molecule is CC/C=C\CC[C@@H](OC(=O)c1ccccc1)[C@@H]1CO1. The van der Waals surface area contributed by atoms with E-state index in [9.17, 15) is 4.79 Å². The summed E-state index contributed by atoms with van der Waals surface area (Å²) < 4.78 is 10.8. The lowest BCUT2D eigenvalue weighted by Crippen LogP contribution is -2.23. The van der Waals surface area contributed by atoms with Crippen molar-refractivity contribution >= 4 is 5.97 Å². The van der Waals surface area contributed by atoms with Crippen LogP contribution < -0.4 is 0 Å². The van der Waals surface area contributed by atoms with Crippen LogP contribution in [0.5, 0.6) is 0 Å². The van der Waals surface area contributed by atoms with Gasteiger partial charge in [0.1, 0.15) is 12.2 Å². The molecule has 1 aromatic carbocycles. The highest BCUT2D eigenvalue weighted by Crippen LogP contribution is 2.22. The molecule has 1 aliphatic heterocycles. The first-order valence-corrected chi connectivity index (χ1v) is 6.84. The Hall–Kier alpha value is -1.61. The van der Waals surface area contributed by atoms with E-state index in [-0.39, 0.29) is 18.2 Å². The van der Waals surface area contributed by atoms with Gasteiger partial charge in [-0.05, 0) is 31.4 Å². The molecule has 2 atom stereocenters. The van der Waals surface area contributed by atoms with Crippen LogP contribution in [0.15, 0.2) is 42.5 Å². The minimum atomic E-state index is -0.263. The molecule has 3 heteroatoms. The van der Waals surface area contributed by atoms with Gasteiger partial charge in [0.25, 0.3) is 0 Å². The van der Waals surface area contributed by atoms with E-state index in [0.717, 1.165) is 19.3 Å². The van der Waals surface area contributed by atoms with Crippen LogP contribution in [0.3, 0.4) is 0 Å². The molecule has 102 valence electrons. The van der Waals surface area contributed by atoms with Crippen molar-refractivity contribution in [1.29, 1.82) is 0 Å². The van der Waals surface area contributed by atoms with Crippen molar-refractivity contribution in [2.24, 2.45) is 0 Å². The van der Waals surface area contributed by atoms with Gasteiger partial charge in [-0.15, -0.1) is 0 Å². The molecule has 0 saturated carbocycles. The number of ether oxygens (including phenoxy) is 2. The maximum Gasteiger partial charge on any atom is 0.338 e. The normalized spacial score (nSPS) is 19.3. The Morgan fingerprint density at radius 3 is 2.79 bits per heavy atom. The van der Waals surface area contributed by atoms with E-state index in [2.05, 4.69) is 19.1 Å². The Morgan fingerprint density at radius 1 is 1.42 bits per heavy atom. The predicted molar refractivity (Wildman–Crippen MR) is 74.1 cm³/mol. The van der Waals surface area contributed by atoms with Gasteiger partial charge in [-0.3, -0.25) is 0 Å². The fourth-order valence-corrected chi connectivity index (χ4v) is 1.92. The zero-order chi connectivity index (χ0) is 13.5. The van der Waals surface area contributed by atoms with Gasteiger partial charge in [0.2, 0.25) is 0 Å². The summed E-state index contributed by atoms with van der Waals surface area (Å²) in [7, 11) is 0. The third-order valence-corrected chi connectivity index (χ3v) is 3.06. The number of carbonyl (C=O) groups is 1. The summed E-state index contributed by atoms with van der Waals surface area (Å²) in [5, 5.41) is 0. The number of esters is 1. The smallest absolute Gasteiger partial charge is 0.338 e. The lowest BCUT2D eigenvalue weighted by atomic mass is 10.1. The van der Waals surface area contributed by atoms with Gasteiger partial charge < -0.3 is 9.47 Å². The molecule has 1 saturated heterocycles. The molecule has 0 radical (unpaired) electrons. The number of hydrogen-bond acceptors (Lipinski definition) is 3. The summed E-state index contributed by atoms with van der Waals surface area (Å²) in [5.74, 6) is -0.263. The van der Waals surface area contributed by atoms with Crippen LogP contribution in [-0.4, -0.2) is 24.8 Å². The molecule has 0 spiro atoms. The minimum Gasteiger partial charge on any atom is -0.456 e. The Balaban J connectivity index is 1.86. The summed E-state index contributed by atoms with van der Waals surface area (Å²) >= 11 is 0. The topological polar surface area (TPSA) is 38.8 Å². The Kier molecular flexibility index (Phi) is 5.16. The van der Waals surface area contributed by atoms with Crippen molar-refractivity contribution in [3.05, 3.63) is 48.0 Å². The molecule has 0 N–H and O–H groups in total. The molecule has 0 unspecified atom stereocenters. The second-order valence-corrected chi connectivity index (χ2v) is 4.64. The Labute approximate surface area is 114 Å². The maximum atomic E-state index is 12.0. The first-order valence-electron chi connectivity index (χ1n) is 6.84. The van der Waals surface area contributed by atoms with Crippen molar-refractivity contribution in [1.82, 2.24) is 0 Å². The molecule has 0 aliphatic carbocycles. The number of epoxide rings is 1. The Bertz CT molecular complexity index is 421. The van der Waals surface area contributed by atoms with Gasteiger partial charge in [0, 0.05) is 0 Å². The third kappa shape index (κ3) is 4.52. The van der Waals surface area contributed by atoms with E-state index in [0.29, 0.717) is 12.2 Å². The average molecular weight is 260 g/mol. The molecule has 0 amide bonds. The van der Waals surface area contributed by atoms with Crippen molar-refractivity contribution < 1.29 is 14.3 Å². The molecule has 1 fully saturated rings. The molecule has 1 aliphatic rings. The van der Waals surface area contributed by atoms with E-state index in [1.54, 1.807) is 12.1 Å². The van der Waals surface area contributed by atoms with Crippen LogP contribution in [0.1, 0.15) is 36.5 Å². The van der Waals surface area contributed by atoms with E-state index in [4.69, 9.17) is 9.47 Å². The van der Waals surface area contributed by atoms with Gasteiger partial charge in [-0.2, -0.15) is 0 Å². The first kappa shape index (κ1) is 13.8. The number of hydrogen-bond donors (Lipinski definition) is 0. The highest BCUT2D eigenvalue weighted by Gasteiger charge is 2.35. The molecule has 1 aromatic rings. The number of rotatable bonds is 7. The monoisotopic (exact) mass is 260 g/mol. The fourth-order valence-electron chi connectivity index (χ4n) is 1.92. The average Bonchev–Trinajstić information content (AvgIpc) is 3.27. The number of benzene rings is 1. The largest absolute Gasteiger partial charge is 0.456 e. The van der Waals surface area contributed by atoms with Crippen LogP contribution in [0.4, 0.5) is 0 Å². The zero-order valence-electron chi connectivity index (χ0n) is 11.2. The second kappa shape index (κ2) is 7.10. The third-order valence-electron chi connectivity index (χ3n) is 3.06. The molecule has 0 aromatic heterocycles. The van der Waals surface area contributed by atoms with Crippen LogP contribution >= 0.6 is 0 Å². The first-order chi connectivity index (χ1) is 9.31. The van der Waals surface area contributed by atoms with Crippen molar-refractivity contribution in [2.45, 2.75) is 38.4 Å². The standard InChI is InChI=1S/C16H20O3/c1-2-3-4-8-11-14(15-12-18-15)19-16(17)13-9-6-5-7-10-13/h3-7,9-10,14-15H,2,8,11-12H2,1H3/b4-3-/t14-,15+/m1/s1. The Morgan fingerprint density at radius 2 is 2.16 bits per heavy atom. The van der Waals surface area contributed by atoms with Crippen molar-refractivity contribution in [3.8, 4) is 0 Å². The molecule has 1 heterocycles. The van der Waals surface area contributed by atoms with E-state index in [1.165, 1.54) is 0 Å². The summed E-state index contributed by atoms with van der Waals surface area (Å²) in [5.41, 5.74) is 0.595. The molecule has 2 rings (SSSR count). The predicted octanol–water partition coefficient (Wildman–Crippen LogP) is 3.36. The van der Waals surface area contributed by atoms with Gasteiger partial charge in [0.05, 0.1) is 12.2 Å². The molecule has 19 heavy (non-hydrogen) atoms. The highest BCUT2D eigenvalue weighted by atomic mass is 16.6. The number of carbonyl (C=O) groups excluding carboxylic acids is 1. The van der Waals surface area contributed by atoms with Crippen LogP contribution in [-0.2, 0) is 9.47 Å². The highest BCUT2D eigenvalue weighted by molar-refractivity contribution is 5.89. The lowest BCUT2D eigenvalue weighted by Gasteiger charge is -2.15. The quantitative estimate of drug-likeness (QED) is 0.428. The number of allylic oxidation sites excluding steroid dienone is 2. The van der Waals surface area contributed by atoms with E-state index >= 15 is 0 Å². The summed E-state index contributed by atoms with van der Waals surface area (Å²) in [6.45, 7) is 2.80. The fraction of sp³-hybridized carbons (Fsp3) is 0.438. The minimum absolute atomic E-state index is 0.0858. The van der Waals surface area contributed by atoms with Crippen molar-refractivity contribution in [3.63, 3.8) is 0 Å². The summed E-state index contributed by atoms with van der Waals surface area (Å²) in [6, 6.07) is 9.09. The maximum absolute atomic E-state index is 12.0. The van der Waals surface area contributed by atoms with Crippen molar-refractivity contribution in [2.75, 3.05) is 6.61 Å². The summed E-state index contributed by atoms with van der Waals surface area (Å²) in [6.07, 6.45) is 6.99. The second-order valence-electron chi connectivity index (χ2n) is 4.64. The molecular weight excluding hydrogens is 240 g/mol. The van der Waals surface area contributed by atoms with Gasteiger partial charge in [-0.25, -0.2) is 4.79 Å².